The highest BCUT2D eigenvalue weighted by Gasteiger charge is 2.45. The Bertz CT molecular complexity index is 323. The Morgan fingerprint density at radius 3 is 2.06 bits per heavy atom. The minimum atomic E-state index is -1.45. The number of amides is 2. The highest BCUT2D eigenvalue weighted by Crippen LogP contribution is 2.19. The first kappa shape index (κ1) is 14.8. The number of rotatable bonds is 3. The Kier molecular flexibility index (Phi) is 5.03. The molecule has 1 aliphatic heterocycles. The normalized spacial score (nSPS) is 35.9. The average molecular weight is 262 g/mol. The first-order valence-electron chi connectivity index (χ1n) is 5.53. The SMILES string of the molecule is CC(=O)N[C@@H]1[C@H](O)[C@@H](NC(C)=O)[C@@H](O)O[C@H]1CO. The molecule has 8 nitrogen and oxygen atoms in total. The average Bonchev–Trinajstić information content (AvgIpc) is 2.27. The van der Waals surface area contributed by atoms with Gasteiger partial charge in [-0.15, -0.1) is 0 Å². The molecule has 0 bridgehead atoms. The highest BCUT2D eigenvalue weighted by atomic mass is 16.6. The van der Waals surface area contributed by atoms with Gasteiger partial charge in [0, 0.05) is 13.8 Å². The van der Waals surface area contributed by atoms with Crippen molar-refractivity contribution in [3.05, 3.63) is 0 Å². The molecule has 104 valence electrons. The fraction of sp³-hybridized carbons (Fsp3) is 0.800. The van der Waals surface area contributed by atoms with Crippen molar-refractivity contribution in [3.63, 3.8) is 0 Å². The third kappa shape index (κ3) is 3.39. The molecule has 5 N–H and O–H groups in total. The summed E-state index contributed by atoms with van der Waals surface area (Å²) in [6, 6.07) is -1.98. The third-order valence-corrected chi connectivity index (χ3v) is 2.68. The maximum Gasteiger partial charge on any atom is 0.217 e. The van der Waals surface area contributed by atoms with E-state index in [0.717, 1.165) is 0 Å². The molecule has 0 aromatic heterocycles. The summed E-state index contributed by atoms with van der Waals surface area (Å²) in [5.74, 6) is -0.871. The molecule has 0 unspecified atom stereocenters. The molecular formula is C10H18N2O6. The minimum absolute atomic E-state index is 0.418. The second-order valence-electron chi connectivity index (χ2n) is 4.19. The van der Waals surface area contributed by atoms with Gasteiger partial charge in [-0.3, -0.25) is 9.59 Å². The van der Waals surface area contributed by atoms with Crippen LogP contribution in [0.25, 0.3) is 0 Å². The van der Waals surface area contributed by atoms with Gasteiger partial charge < -0.3 is 30.7 Å². The van der Waals surface area contributed by atoms with Gasteiger partial charge >= 0.3 is 0 Å². The van der Waals surface area contributed by atoms with Crippen LogP contribution in [0.2, 0.25) is 0 Å². The number of nitrogens with one attached hydrogen (secondary N) is 2. The lowest BCUT2D eigenvalue weighted by Gasteiger charge is -2.42. The zero-order valence-electron chi connectivity index (χ0n) is 10.2. The number of hydrogen-bond acceptors (Lipinski definition) is 6. The molecule has 2 amide bonds. The Morgan fingerprint density at radius 2 is 1.61 bits per heavy atom. The van der Waals surface area contributed by atoms with Gasteiger partial charge in [-0.25, -0.2) is 0 Å². The molecule has 0 saturated carbocycles. The van der Waals surface area contributed by atoms with Gasteiger partial charge in [0.15, 0.2) is 6.29 Å². The number of carbonyl (C=O) groups excluding carboxylic acids is 2. The van der Waals surface area contributed by atoms with E-state index in [0.29, 0.717) is 0 Å². The lowest BCUT2D eigenvalue weighted by atomic mass is 9.94. The third-order valence-electron chi connectivity index (χ3n) is 2.68. The Balaban J connectivity index is 2.84. The molecule has 0 radical (unpaired) electrons. The summed E-state index contributed by atoms with van der Waals surface area (Å²) in [4.78, 5) is 22.0. The summed E-state index contributed by atoms with van der Waals surface area (Å²) in [7, 11) is 0. The zero-order chi connectivity index (χ0) is 13.9. The van der Waals surface area contributed by atoms with Crippen LogP contribution in [0.4, 0.5) is 0 Å². The van der Waals surface area contributed by atoms with Gasteiger partial charge in [0.25, 0.3) is 0 Å². The van der Waals surface area contributed by atoms with Crippen molar-refractivity contribution in [1.29, 1.82) is 0 Å². The van der Waals surface area contributed by atoms with Crippen LogP contribution in [0.3, 0.4) is 0 Å². The predicted octanol–water partition coefficient (Wildman–Crippen LogP) is -2.93. The first-order chi connectivity index (χ1) is 8.36. The van der Waals surface area contributed by atoms with Gasteiger partial charge in [-0.2, -0.15) is 0 Å². The monoisotopic (exact) mass is 262 g/mol. The van der Waals surface area contributed by atoms with Crippen LogP contribution in [-0.2, 0) is 14.3 Å². The molecule has 0 aromatic rings. The minimum Gasteiger partial charge on any atom is -0.394 e. The summed E-state index contributed by atoms with van der Waals surface area (Å²) in [6.07, 6.45) is -3.66. The fourth-order valence-corrected chi connectivity index (χ4v) is 1.92. The highest BCUT2D eigenvalue weighted by molar-refractivity contribution is 5.74. The molecule has 5 atom stereocenters. The lowest BCUT2D eigenvalue weighted by molar-refractivity contribution is -0.226. The van der Waals surface area contributed by atoms with E-state index in [1.54, 1.807) is 0 Å². The maximum absolute atomic E-state index is 11.0. The summed E-state index contributed by atoms with van der Waals surface area (Å²) in [6.45, 7) is 2.00. The van der Waals surface area contributed by atoms with Crippen molar-refractivity contribution >= 4 is 11.8 Å². The van der Waals surface area contributed by atoms with E-state index >= 15 is 0 Å². The van der Waals surface area contributed by atoms with E-state index in [9.17, 15) is 19.8 Å². The van der Waals surface area contributed by atoms with E-state index < -0.39 is 49.0 Å². The van der Waals surface area contributed by atoms with E-state index in [1.165, 1.54) is 13.8 Å². The Morgan fingerprint density at radius 1 is 1.11 bits per heavy atom. The van der Waals surface area contributed by atoms with E-state index in [1.807, 2.05) is 0 Å². The number of ether oxygens (including phenoxy) is 1. The van der Waals surface area contributed by atoms with Gasteiger partial charge in [0.1, 0.15) is 18.2 Å². The fourth-order valence-electron chi connectivity index (χ4n) is 1.92. The van der Waals surface area contributed by atoms with Gasteiger partial charge in [0.05, 0.1) is 12.6 Å². The van der Waals surface area contributed by atoms with Crippen molar-refractivity contribution in [3.8, 4) is 0 Å². The molecule has 8 heteroatoms. The standard InChI is InChI=1S/C10H18N2O6/c1-4(14)11-7-6(3-13)18-10(17)8(9(7)16)12-5(2)15/h6-10,13,16-17H,3H2,1-2H3,(H,11,14)(H,12,15)/t6-,7-,8+,9-,10-/m0/s1. The quantitative estimate of drug-likeness (QED) is 0.370. The van der Waals surface area contributed by atoms with E-state index in [2.05, 4.69) is 10.6 Å². The van der Waals surface area contributed by atoms with Crippen LogP contribution in [0.1, 0.15) is 13.8 Å². The van der Waals surface area contributed by atoms with Crippen molar-refractivity contribution in [2.24, 2.45) is 0 Å². The summed E-state index contributed by atoms with van der Waals surface area (Å²) in [5.41, 5.74) is 0. The molecule has 0 aromatic carbocycles. The van der Waals surface area contributed by atoms with E-state index in [4.69, 9.17) is 9.84 Å². The second kappa shape index (κ2) is 6.10. The van der Waals surface area contributed by atoms with E-state index in [-0.39, 0.29) is 0 Å². The maximum atomic E-state index is 11.0. The van der Waals surface area contributed by atoms with Crippen molar-refractivity contribution < 1.29 is 29.6 Å². The van der Waals surface area contributed by atoms with Gasteiger partial charge in [0.2, 0.25) is 11.8 Å². The number of aliphatic hydroxyl groups is 3. The van der Waals surface area contributed by atoms with Crippen LogP contribution in [0.5, 0.6) is 0 Å². The number of carbonyl (C=O) groups is 2. The smallest absolute Gasteiger partial charge is 0.217 e. The topological polar surface area (TPSA) is 128 Å². The largest absolute Gasteiger partial charge is 0.394 e. The van der Waals surface area contributed by atoms with Crippen LogP contribution in [0.15, 0.2) is 0 Å². The Labute approximate surface area is 104 Å². The van der Waals surface area contributed by atoms with Crippen LogP contribution >= 0.6 is 0 Å². The summed E-state index contributed by atoms with van der Waals surface area (Å²) >= 11 is 0. The second-order valence-corrected chi connectivity index (χ2v) is 4.19. The summed E-state index contributed by atoms with van der Waals surface area (Å²) in [5, 5.41) is 33.5. The lowest BCUT2D eigenvalue weighted by Crippen LogP contribution is -2.68. The van der Waals surface area contributed by atoms with Gasteiger partial charge in [-0.05, 0) is 0 Å². The molecule has 1 saturated heterocycles. The zero-order valence-corrected chi connectivity index (χ0v) is 10.2. The molecule has 0 spiro atoms. The molecular weight excluding hydrogens is 244 g/mol. The van der Waals surface area contributed by atoms with Crippen molar-refractivity contribution in [2.75, 3.05) is 6.61 Å². The molecule has 1 fully saturated rings. The predicted molar refractivity (Wildman–Crippen MR) is 59.2 cm³/mol. The molecule has 1 aliphatic rings. The van der Waals surface area contributed by atoms with Crippen LogP contribution in [0, 0.1) is 0 Å². The molecule has 1 rings (SSSR count). The van der Waals surface area contributed by atoms with Crippen LogP contribution in [-0.4, -0.2) is 64.3 Å². The van der Waals surface area contributed by atoms with Crippen molar-refractivity contribution in [2.45, 2.75) is 44.4 Å². The molecule has 1 heterocycles. The molecule has 0 aliphatic carbocycles. The first-order valence-corrected chi connectivity index (χ1v) is 5.53. The summed E-state index contributed by atoms with van der Waals surface area (Å²) < 4.78 is 5.05. The molecule has 18 heavy (non-hydrogen) atoms. The van der Waals surface area contributed by atoms with Crippen LogP contribution < -0.4 is 10.6 Å². The van der Waals surface area contributed by atoms with Gasteiger partial charge in [-0.1, -0.05) is 0 Å². The Hall–Kier alpha value is -1.22. The number of hydrogen-bond donors (Lipinski definition) is 5. The van der Waals surface area contributed by atoms with Crippen molar-refractivity contribution in [1.82, 2.24) is 10.6 Å². The number of aliphatic hydroxyl groups excluding tert-OH is 3.